The Morgan fingerprint density at radius 3 is 2.24 bits per heavy atom. The Morgan fingerprint density at radius 1 is 1.19 bits per heavy atom. The number of nitrogens with one attached hydrogen (secondary N) is 1. The second-order valence-electron chi connectivity index (χ2n) is 7.72. The van der Waals surface area contributed by atoms with Gasteiger partial charge in [-0.05, 0) is 53.4 Å². The average Bonchev–Trinajstić information content (AvgIpc) is 2.40. The Balaban J connectivity index is 2.26. The third-order valence-electron chi connectivity index (χ3n) is 4.73. The summed E-state index contributed by atoms with van der Waals surface area (Å²) in [5.41, 5.74) is 1.21. The lowest BCUT2D eigenvalue weighted by Crippen LogP contribution is -2.21. The maximum Gasteiger partial charge on any atom is 0.144 e. The van der Waals surface area contributed by atoms with Gasteiger partial charge < -0.3 is 4.98 Å². The lowest BCUT2D eigenvalue weighted by molar-refractivity contribution is 0.254. The molecule has 0 aromatic carbocycles. The van der Waals surface area contributed by atoms with Crippen molar-refractivity contribution in [1.29, 1.82) is 0 Å². The molecule has 1 aliphatic carbocycles. The molecule has 21 heavy (non-hydrogen) atoms. The number of aromatic amines is 1. The second kappa shape index (κ2) is 6.49. The zero-order valence-corrected chi connectivity index (χ0v) is 16.2. The van der Waals surface area contributed by atoms with Gasteiger partial charge in [0.1, 0.15) is 10.5 Å². The second-order valence-corrected chi connectivity index (χ2v) is 8.90. The Hall–Kier alpha value is -0.220. The topological polar surface area (TPSA) is 28.7 Å². The molecular weight excluding hydrogens is 344 g/mol. The van der Waals surface area contributed by atoms with E-state index >= 15 is 0 Å². The maximum atomic E-state index is 5.45. The molecule has 0 atom stereocenters. The monoisotopic (exact) mass is 370 g/mol. The first kappa shape index (κ1) is 17.1. The van der Waals surface area contributed by atoms with Gasteiger partial charge in [-0.2, -0.15) is 0 Å². The van der Waals surface area contributed by atoms with Gasteiger partial charge in [0, 0.05) is 17.0 Å². The van der Waals surface area contributed by atoms with E-state index in [9.17, 15) is 0 Å². The van der Waals surface area contributed by atoms with Crippen LogP contribution >= 0.6 is 28.1 Å². The van der Waals surface area contributed by atoms with Crippen LogP contribution in [0.3, 0.4) is 0 Å². The molecular formula is C17H27BrN2S. The van der Waals surface area contributed by atoms with Gasteiger partial charge in [-0.1, -0.05) is 46.8 Å². The predicted molar refractivity (Wildman–Crippen MR) is 95.4 cm³/mol. The van der Waals surface area contributed by atoms with E-state index < -0.39 is 0 Å². The average molecular weight is 371 g/mol. The smallest absolute Gasteiger partial charge is 0.144 e. The first-order valence-corrected chi connectivity index (χ1v) is 9.20. The highest BCUT2D eigenvalue weighted by atomic mass is 79.9. The van der Waals surface area contributed by atoms with Crippen molar-refractivity contribution in [1.82, 2.24) is 9.97 Å². The van der Waals surface area contributed by atoms with Crippen LogP contribution in [0.4, 0.5) is 0 Å². The standard InChI is InChI=1S/C17H27BrN2S/c1-10(2)11-6-8-12(9-7-11)15-19-14(17(3,4)5)13(18)16(21)20-15/h10-12H,6-9H2,1-5H3,(H,19,20,21). The quantitative estimate of drug-likeness (QED) is 0.634. The highest BCUT2D eigenvalue weighted by Crippen LogP contribution is 2.38. The van der Waals surface area contributed by atoms with E-state index in [1.807, 2.05) is 0 Å². The lowest BCUT2D eigenvalue weighted by Gasteiger charge is -2.31. The fourth-order valence-corrected chi connectivity index (χ4v) is 4.23. The van der Waals surface area contributed by atoms with Crippen LogP contribution < -0.4 is 0 Å². The molecule has 2 rings (SSSR count). The Bertz CT molecular complexity index is 549. The van der Waals surface area contributed by atoms with E-state index in [0.29, 0.717) is 10.6 Å². The van der Waals surface area contributed by atoms with E-state index in [0.717, 1.165) is 22.1 Å². The van der Waals surface area contributed by atoms with Crippen LogP contribution in [0.5, 0.6) is 0 Å². The number of halogens is 1. The molecule has 1 aromatic heterocycles. The normalized spacial score (nSPS) is 23.6. The number of nitrogens with zero attached hydrogens (tertiary/aromatic N) is 1. The molecule has 4 heteroatoms. The van der Waals surface area contributed by atoms with Gasteiger partial charge in [-0.15, -0.1) is 0 Å². The van der Waals surface area contributed by atoms with Crippen LogP contribution in [0.15, 0.2) is 4.47 Å². The summed E-state index contributed by atoms with van der Waals surface area (Å²) in [4.78, 5) is 8.24. The Labute approximate surface area is 142 Å². The number of H-pyrrole nitrogens is 1. The largest absolute Gasteiger partial charge is 0.345 e. The van der Waals surface area contributed by atoms with Crippen molar-refractivity contribution < 1.29 is 0 Å². The Kier molecular flexibility index (Phi) is 5.30. The molecule has 1 aromatic rings. The summed E-state index contributed by atoms with van der Waals surface area (Å²) in [7, 11) is 0. The Morgan fingerprint density at radius 2 is 1.76 bits per heavy atom. The van der Waals surface area contributed by atoms with Gasteiger partial charge >= 0.3 is 0 Å². The summed E-state index contributed by atoms with van der Waals surface area (Å²) in [5, 5.41) is 0. The number of hydrogen-bond donors (Lipinski definition) is 1. The summed E-state index contributed by atoms with van der Waals surface area (Å²) in [6.07, 6.45) is 5.08. The summed E-state index contributed by atoms with van der Waals surface area (Å²) >= 11 is 9.06. The van der Waals surface area contributed by atoms with Crippen molar-refractivity contribution in [3.8, 4) is 0 Å². The van der Waals surface area contributed by atoms with Crippen LogP contribution in [-0.2, 0) is 5.41 Å². The SMILES string of the molecule is CC(C)C1CCC(c2nc(=S)c(Br)c(C(C)(C)C)[nH]2)CC1. The van der Waals surface area contributed by atoms with Gasteiger partial charge in [0.15, 0.2) is 0 Å². The molecule has 1 N–H and O–H groups in total. The van der Waals surface area contributed by atoms with Crippen molar-refractivity contribution in [3.63, 3.8) is 0 Å². The molecule has 1 fully saturated rings. The van der Waals surface area contributed by atoms with Crippen LogP contribution in [0.1, 0.15) is 77.7 Å². The van der Waals surface area contributed by atoms with Gasteiger partial charge in [0.05, 0.1) is 4.47 Å². The number of hydrogen-bond acceptors (Lipinski definition) is 2. The van der Waals surface area contributed by atoms with Crippen molar-refractivity contribution in [2.75, 3.05) is 0 Å². The highest BCUT2D eigenvalue weighted by Gasteiger charge is 2.27. The third-order valence-corrected chi connectivity index (χ3v) is 6.06. The van der Waals surface area contributed by atoms with Crippen molar-refractivity contribution in [2.24, 2.45) is 11.8 Å². The van der Waals surface area contributed by atoms with Crippen LogP contribution in [0.25, 0.3) is 0 Å². The van der Waals surface area contributed by atoms with Gasteiger partial charge in [0.2, 0.25) is 0 Å². The fourth-order valence-electron chi connectivity index (χ4n) is 3.25. The summed E-state index contributed by atoms with van der Waals surface area (Å²) in [6, 6.07) is 0. The highest BCUT2D eigenvalue weighted by molar-refractivity contribution is 9.10. The van der Waals surface area contributed by atoms with Crippen molar-refractivity contribution >= 4 is 28.1 Å². The predicted octanol–water partition coefficient (Wildman–Crippen LogP) is 6.13. The molecule has 0 radical (unpaired) electrons. The molecule has 2 nitrogen and oxygen atoms in total. The van der Waals surface area contributed by atoms with E-state index in [2.05, 4.69) is 60.5 Å². The fraction of sp³-hybridized carbons (Fsp3) is 0.765. The number of rotatable bonds is 2. The van der Waals surface area contributed by atoms with Gasteiger partial charge in [-0.25, -0.2) is 4.98 Å². The van der Waals surface area contributed by atoms with Gasteiger partial charge in [-0.3, -0.25) is 0 Å². The van der Waals surface area contributed by atoms with E-state index in [-0.39, 0.29) is 5.41 Å². The molecule has 0 aliphatic heterocycles. The van der Waals surface area contributed by atoms with Crippen molar-refractivity contribution in [3.05, 3.63) is 20.6 Å². The molecule has 0 spiro atoms. The molecule has 0 amide bonds. The zero-order chi connectivity index (χ0) is 15.8. The van der Waals surface area contributed by atoms with Crippen LogP contribution in [-0.4, -0.2) is 9.97 Å². The maximum absolute atomic E-state index is 5.45. The summed E-state index contributed by atoms with van der Waals surface area (Å²) in [6.45, 7) is 11.3. The minimum absolute atomic E-state index is 0.0409. The first-order valence-electron chi connectivity index (χ1n) is 8.00. The molecule has 0 saturated heterocycles. The molecule has 0 bridgehead atoms. The molecule has 118 valence electrons. The molecule has 1 aliphatic rings. The third kappa shape index (κ3) is 3.95. The minimum Gasteiger partial charge on any atom is -0.345 e. The summed E-state index contributed by atoms with van der Waals surface area (Å²) < 4.78 is 1.64. The molecule has 1 heterocycles. The van der Waals surface area contributed by atoms with Gasteiger partial charge in [0.25, 0.3) is 0 Å². The lowest BCUT2D eigenvalue weighted by atomic mass is 9.76. The van der Waals surface area contributed by atoms with Crippen LogP contribution in [0.2, 0.25) is 0 Å². The number of aromatic nitrogens is 2. The minimum atomic E-state index is 0.0409. The van der Waals surface area contributed by atoms with E-state index in [1.165, 1.54) is 31.4 Å². The molecule has 1 saturated carbocycles. The van der Waals surface area contributed by atoms with Crippen LogP contribution in [0, 0.1) is 16.5 Å². The zero-order valence-electron chi connectivity index (χ0n) is 13.8. The van der Waals surface area contributed by atoms with E-state index in [4.69, 9.17) is 12.2 Å². The van der Waals surface area contributed by atoms with Crippen molar-refractivity contribution in [2.45, 2.75) is 71.6 Å². The summed E-state index contributed by atoms with van der Waals surface area (Å²) in [5.74, 6) is 3.31. The van der Waals surface area contributed by atoms with E-state index in [1.54, 1.807) is 0 Å². The molecule has 0 unspecified atom stereocenters. The first-order chi connectivity index (χ1) is 9.70.